The number of benzene rings is 1. The summed E-state index contributed by atoms with van der Waals surface area (Å²) in [4.78, 5) is 14.8. The second-order valence-corrected chi connectivity index (χ2v) is 6.03. The first-order chi connectivity index (χ1) is 9.49. The van der Waals surface area contributed by atoms with E-state index in [9.17, 15) is 9.90 Å². The molecular formula is C16H19NO2S. The highest BCUT2D eigenvalue weighted by Crippen LogP contribution is 2.26. The van der Waals surface area contributed by atoms with Crippen LogP contribution in [-0.4, -0.2) is 24.0 Å². The first-order valence-electron chi connectivity index (χ1n) is 6.58. The molecule has 0 saturated heterocycles. The summed E-state index contributed by atoms with van der Waals surface area (Å²) in [5.74, 6) is -0.0755. The minimum Gasteiger partial charge on any atom is -0.507 e. The van der Waals surface area contributed by atoms with Crippen molar-refractivity contribution in [3.05, 3.63) is 46.2 Å². The van der Waals surface area contributed by atoms with E-state index in [0.29, 0.717) is 11.6 Å². The van der Waals surface area contributed by atoms with Crippen LogP contribution in [0.2, 0.25) is 0 Å². The van der Waals surface area contributed by atoms with Gasteiger partial charge in [-0.25, -0.2) is 0 Å². The first-order valence-corrected chi connectivity index (χ1v) is 7.46. The van der Waals surface area contributed by atoms with Gasteiger partial charge >= 0.3 is 0 Å². The number of likely N-dealkylation sites (N-methyl/N-ethyl adjacent to an activating group) is 1. The molecule has 0 spiro atoms. The summed E-state index contributed by atoms with van der Waals surface area (Å²) in [5, 5.41) is 12.0. The van der Waals surface area contributed by atoms with E-state index < -0.39 is 0 Å². The molecular weight excluding hydrogens is 270 g/mol. The first kappa shape index (κ1) is 14.6. The van der Waals surface area contributed by atoms with Crippen molar-refractivity contribution in [2.24, 2.45) is 0 Å². The molecule has 1 N–H and O–H groups in total. The number of anilines is 1. The highest BCUT2D eigenvalue weighted by molar-refractivity contribution is 7.09. The van der Waals surface area contributed by atoms with Gasteiger partial charge in [0.15, 0.2) is 5.78 Å². The fourth-order valence-corrected chi connectivity index (χ4v) is 2.97. The Morgan fingerprint density at radius 2 is 2.15 bits per heavy atom. The number of hydrogen-bond donors (Lipinski definition) is 1. The van der Waals surface area contributed by atoms with E-state index >= 15 is 0 Å². The maximum atomic E-state index is 11.3. The summed E-state index contributed by atoms with van der Waals surface area (Å²) < 4.78 is 0. The van der Waals surface area contributed by atoms with E-state index in [2.05, 4.69) is 29.3 Å². The fourth-order valence-electron chi connectivity index (χ4n) is 2.15. The van der Waals surface area contributed by atoms with Crippen LogP contribution in [0.3, 0.4) is 0 Å². The van der Waals surface area contributed by atoms with Crippen LogP contribution in [0, 0.1) is 0 Å². The second kappa shape index (κ2) is 6.09. The molecule has 1 atom stereocenters. The van der Waals surface area contributed by atoms with Crippen LogP contribution in [0.15, 0.2) is 35.7 Å². The van der Waals surface area contributed by atoms with Crippen LogP contribution in [0.25, 0.3) is 0 Å². The van der Waals surface area contributed by atoms with Crippen molar-refractivity contribution in [2.75, 3.05) is 11.9 Å². The predicted octanol–water partition coefficient (Wildman–Crippen LogP) is 3.72. The molecule has 1 aromatic heterocycles. The van der Waals surface area contributed by atoms with E-state index in [1.807, 2.05) is 13.1 Å². The average molecular weight is 289 g/mol. The molecule has 0 amide bonds. The highest BCUT2D eigenvalue weighted by Gasteiger charge is 2.14. The van der Waals surface area contributed by atoms with E-state index in [1.54, 1.807) is 23.5 Å². The molecule has 1 aromatic carbocycles. The molecule has 20 heavy (non-hydrogen) atoms. The molecule has 0 aliphatic heterocycles. The number of ketones is 1. The lowest BCUT2D eigenvalue weighted by molar-refractivity contribution is 0.101. The lowest BCUT2D eigenvalue weighted by atomic mass is 10.1. The molecule has 0 radical (unpaired) electrons. The molecule has 0 saturated carbocycles. The third-order valence-electron chi connectivity index (χ3n) is 3.51. The second-order valence-electron chi connectivity index (χ2n) is 5.00. The van der Waals surface area contributed by atoms with Crippen LogP contribution >= 0.6 is 11.3 Å². The number of Topliss-reactive ketones (excluding diaryl/α,β-unsaturated/α-hetero) is 1. The fraction of sp³-hybridized carbons (Fsp3) is 0.312. The Kier molecular flexibility index (Phi) is 4.45. The number of aromatic hydroxyl groups is 1. The van der Waals surface area contributed by atoms with E-state index in [1.165, 1.54) is 11.8 Å². The third kappa shape index (κ3) is 3.20. The molecule has 0 fully saturated rings. The Morgan fingerprint density at radius 1 is 1.40 bits per heavy atom. The number of phenolic OH excluding ortho intramolecular Hbond substituents is 1. The highest BCUT2D eigenvalue weighted by atomic mass is 32.1. The maximum absolute atomic E-state index is 11.3. The van der Waals surface area contributed by atoms with E-state index in [0.717, 1.165) is 12.1 Å². The largest absolute Gasteiger partial charge is 0.507 e. The molecule has 0 aliphatic rings. The number of rotatable bonds is 5. The number of carbonyl (C=O) groups is 1. The van der Waals surface area contributed by atoms with Crippen molar-refractivity contribution in [1.29, 1.82) is 0 Å². The van der Waals surface area contributed by atoms with Crippen LogP contribution < -0.4 is 4.90 Å². The van der Waals surface area contributed by atoms with Crippen LogP contribution in [-0.2, 0) is 6.42 Å². The van der Waals surface area contributed by atoms with Gasteiger partial charge in [0, 0.05) is 36.1 Å². The minimum atomic E-state index is -0.122. The molecule has 2 aromatic rings. The normalized spacial score (nSPS) is 12.2. The van der Waals surface area contributed by atoms with Crippen molar-refractivity contribution < 1.29 is 9.90 Å². The monoisotopic (exact) mass is 289 g/mol. The van der Waals surface area contributed by atoms with E-state index in [4.69, 9.17) is 0 Å². The Bertz CT molecular complexity index is 593. The molecule has 4 heteroatoms. The van der Waals surface area contributed by atoms with Gasteiger partial charge in [-0.15, -0.1) is 11.3 Å². The van der Waals surface area contributed by atoms with Crippen LogP contribution in [0.4, 0.5) is 5.69 Å². The zero-order valence-electron chi connectivity index (χ0n) is 12.0. The molecule has 0 aliphatic carbocycles. The molecule has 1 heterocycles. The van der Waals surface area contributed by atoms with Gasteiger partial charge < -0.3 is 10.0 Å². The number of nitrogens with zero attached hydrogens (tertiary/aromatic N) is 1. The molecule has 0 bridgehead atoms. The van der Waals surface area contributed by atoms with Gasteiger partial charge in [0.05, 0.1) is 5.56 Å². The lowest BCUT2D eigenvalue weighted by Gasteiger charge is -2.27. The predicted molar refractivity (Wildman–Crippen MR) is 84.0 cm³/mol. The summed E-state index contributed by atoms with van der Waals surface area (Å²) in [6.07, 6.45) is 0.962. The summed E-state index contributed by atoms with van der Waals surface area (Å²) in [6.45, 7) is 3.60. The van der Waals surface area contributed by atoms with Gasteiger partial charge in [-0.3, -0.25) is 4.79 Å². The number of phenols is 1. The summed E-state index contributed by atoms with van der Waals surface area (Å²) in [5.41, 5.74) is 1.28. The number of hydrogen-bond acceptors (Lipinski definition) is 4. The number of thiophene rings is 1. The van der Waals surface area contributed by atoms with Gasteiger partial charge in [0.25, 0.3) is 0 Å². The van der Waals surface area contributed by atoms with Gasteiger partial charge in [0.1, 0.15) is 5.75 Å². The van der Waals surface area contributed by atoms with Gasteiger partial charge in [-0.1, -0.05) is 6.07 Å². The molecule has 106 valence electrons. The SMILES string of the molecule is CC(=O)c1ccc(N(C)C(C)Cc2cccs2)cc1O. The van der Waals surface area contributed by atoms with E-state index in [-0.39, 0.29) is 11.5 Å². The minimum absolute atomic E-state index is 0.0465. The quantitative estimate of drug-likeness (QED) is 0.853. The van der Waals surface area contributed by atoms with Gasteiger partial charge in [-0.05, 0) is 37.4 Å². The Labute approximate surface area is 123 Å². The van der Waals surface area contributed by atoms with Crippen LogP contribution in [0.1, 0.15) is 29.1 Å². The van der Waals surface area contributed by atoms with Crippen molar-refractivity contribution in [2.45, 2.75) is 26.3 Å². The smallest absolute Gasteiger partial charge is 0.163 e. The average Bonchev–Trinajstić information content (AvgIpc) is 2.90. The molecule has 3 nitrogen and oxygen atoms in total. The Balaban J connectivity index is 2.14. The Morgan fingerprint density at radius 3 is 2.70 bits per heavy atom. The zero-order valence-corrected chi connectivity index (χ0v) is 12.8. The van der Waals surface area contributed by atoms with Crippen molar-refractivity contribution in [3.8, 4) is 5.75 Å². The summed E-state index contributed by atoms with van der Waals surface area (Å²) in [6, 6.07) is 9.71. The standard InChI is InChI=1S/C16H19NO2S/c1-11(9-14-5-4-8-20-14)17(3)13-6-7-15(12(2)18)16(19)10-13/h4-8,10-11,19H,9H2,1-3H3. The van der Waals surface area contributed by atoms with Crippen LogP contribution in [0.5, 0.6) is 5.75 Å². The lowest BCUT2D eigenvalue weighted by Crippen LogP contribution is -2.30. The topological polar surface area (TPSA) is 40.5 Å². The molecule has 1 unspecified atom stereocenters. The van der Waals surface area contributed by atoms with Crippen molar-refractivity contribution in [1.82, 2.24) is 0 Å². The van der Waals surface area contributed by atoms with Gasteiger partial charge in [-0.2, -0.15) is 0 Å². The summed E-state index contributed by atoms with van der Waals surface area (Å²) in [7, 11) is 2.00. The number of carbonyl (C=O) groups excluding carboxylic acids is 1. The van der Waals surface area contributed by atoms with Crippen molar-refractivity contribution >= 4 is 22.8 Å². The van der Waals surface area contributed by atoms with Crippen molar-refractivity contribution in [3.63, 3.8) is 0 Å². The Hall–Kier alpha value is -1.81. The third-order valence-corrected chi connectivity index (χ3v) is 4.40. The zero-order chi connectivity index (χ0) is 14.7. The summed E-state index contributed by atoms with van der Waals surface area (Å²) >= 11 is 1.75. The maximum Gasteiger partial charge on any atom is 0.163 e. The van der Waals surface area contributed by atoms with Gasteiger partial charge in [0.2, 0.25) is 0 Å². The molecule has 2 rings (SSSR count).